The minimum atomic E-state index is -3.79. The van der Waals surface area contributed by atoms with Crippen LogP contribution in [0, 0.1) is 0 Å². The summed E-state index contributed by atoms with van der Waals surface area (Å²) in [5.41, 5.74) is 1.79. The van der Waals surface area contributed by atoms with Gasteiger partial charge >= 0.3 is 0 Å². The molecule has 0 saturated heterocycles. The van der Waals surface area contributed by atoms with E-state index in [1.807, 2.05) is 37.3 Å². The molecule has 3 aromatic carbocycles. The zero-order chi connectivity index (χ0) is 23.1. The number of halogens is 1. The van der Waals surface area contributed by atoms with E-state index >= 15 is 0 Å². The number of aryl methyl sites for hydroxylation is 1. The van der Waals surface area contributed by atoms with Gasteiger partial charge in [-0.25, -0.2) is 13.1 Å². The highest BCUT2D eigenvalue weighted by Gasteiger charge is 2.20. The Balaban J connectivity index is 1.73. The first-order valence-electron chi connectivity index (χ1n) is 10.1. The Morgan fingerprint density at radius 3 is 2.38 bits per heavy atom. The molecule has 0 aliphatic heterocycles. The monoisotopic (exact) mass is 472 g/mol. The molecule has 0 aliphatic rings. The van der Waals surface area contributed by atoms with Crippen molar-refractivity contribution in [3.05, 3.63) is 88.9 Å². The molecule has 8 heteroatoms. The van der Waals surface area contributed by atoms with E-state index in [9.17, 15) is 13.2 Å². The maximum absolute atomic E-state index is 12.9. The molecular formula is C24H25ClN2O4S. The molecule has 0 bridgehead atoms. The summed E-state index contributed by atoms with van der Waals surface area (Å²) in [5.74, 6) is -0.0536. The Labute approximate surface area is 193 Å². The highest BCUT2D eigenvalue weighted by molar-refractivity contribution is 7.89. The third-order valence-electron chi connectivity index (χ3n) is 4.90. The van der Waals surface area contributed by atoms with Gasteiger partial charge in [-0.05, 0) is 67.8 Å². The summed E-state index contributed by atoms with van der Waals surface area (Å²) in [6.07, 6.45) is 1.41. The van der Waals surface area contributed by atoms with Gasteiger partial charge in [0.15, 0.2) is 0 Å². The number of carbonyl (C=O) groups is 1. The molecule has 0 heterocycles. The first-order valence-corrected chi connectivity index (χ1v) is 12.0. The Morgan fingerprint density at radius 2 is 1.72 bits per heavy atom. The summed E-state index contributed by atoms with van der Waals surface area (Å²) in [4.78, 5) is 12.6. The number of methoxy groups -OCH3 is 1. The van der Waals surface area contributed by atoms with Gasteiger partial charge in [-0.15, -0.1) is 0 Å². The number of carbonyl (C=O) groups excluding carboxylic acids is 1. The van der Waals surface area contributed by atoms with Gasteiger partial charge in [-0.3, -0.25) is 4.79 Å². The molecule has 0 radical (unpaired) electrons. The molecule has 6 nitrogen and oxygen atoms in total. The van der Waals surface area contributed by atoms with E-state index < -0.39 is 15.9 Å². The summed E-state index contributed by atoms with van der Waals surface area (Å²) in [6.45, 7) is 1.83. The third kappa shape index (κ3) is 6.32. The second-order valence-electron chi connectivity index (χ2n) is 7.37. The number of sulfonamides is 1. The molecule has 3 rings (SSSR count). The number of nitrogens with one attached hydrogen (secondary N) is 2. The van der Waals surface area contributed by atoms with Crippen molar-refractivity contribution in [1.82, 2.24) is 4.72 Å². The van der Waals surface area contributed by atoms with Crippen LogP contribution >= 0.6 is 11.6 Å². The van der Waals surface area contributed by atoms with Crippen LogP contribution in [0.15, 0.2) is 77.7 Å². The summed E-state index contributed by atoms with van der Waals surface area (Å²) >= 11 is 5.87. The molecule has 0 spiro atoms. The van der Waals surface area contributed by atoms with Crippen molar-refractivity contribution in [2.75, 3.05) is 12.4 Å². The first kappa shape index (κ1) is 23.8. The topological polar surface area (TPSA) is 84.5 Å². The maximum Gasteiger partial charge on any atom is 0.255 e. The van der Waals surface area contributed by atoms with Gasteiger partial charge in [0.2, 0.25) is 10.0 Å². The van der Waals surface area contributed by atoms with Crippen LogP contribution in [0.1, 0.15) is 29.3 Å². The summed E-state index contributed by atoms with van der Waals surface area (Å²) in [7, 11) is -2.34. The normalized spacial score (nSPS) is 12.2. The maximum atomic E-state index is 12.9. The van der Waals surface area contributed by atoms with Gasteiger partial charge in [-0.1, -0.05) is 41.9 Å². The predicted molar refractivity (Wildman–Crippen MR) is 127 cm³/mol. The number of rotatable bonds is 9. The zero-order valence-electron chi connectivity index (χ0n) is 17.8. The van der Waals surface area contributed by atoms with E-state index in [1.54, 1.807) is 24.3 Å². The lowest BCUT2D eigenvalue weighted by molar-refractivity contribution is 0.102. The molecule has 1 atom stereocenters. The van der Waals surface area contributed by atoms with Crippen LogP contribution < -0.4 is 14.8 Å². The Morgan fingerprint density at radius 1 is 1.03 bits per heavy atom. The van der Waals surface area contributed by atoms with E-state index in [4.69, 9.17) is 16.3 Å². The molecule has 2 N–H and O–H groups in total. The van der Waals surface area contributed by atoms with Gasteiger partial charge in [-0.2, -0.15) is 0 Å². The van der Waals surface area contributed by atoms with E-state index in [0.29, 0.717) is 22.8 Å². The number of amides is 1. The van der Waals surface area contributed by atoms with Crippen LogP contribution in [-0.2, 0) is 16.4 Å². The fourth-order valence-corrected chi connectivity index (χ4v) is 4.60. The van der Waals surface area contributed by atoms with Gasteiger partial charge in [0.1, 0.15) is 5.75 Å². The molecule has 0 unspecified atom stereocenters. The molecule has 0 aliphatic carbocycles. The highest BCUT2D eigenvalue weighted by atomic mass is 35.5. The van der Waals surface area contributed by atoms with Gasteiger partial charge in [0.05, 0.1) is 17.7 Å². The minimum Gasteiger partial charge on any atom is -0.495 e. The molecule has 0 saturated carbocycles. The quantitative estimate of drug-likeness (QED) is 0.464. The average Bonchev–Trinajstić information content (AvgIpc) is 2.78. The van der Waals surface area contributed by atoms with Crippen LogP contribution in [0.2, 0.25) is 5.02 Å². The number of hydrogen-bond donors (Lipinski definition) is 2. The van der Waals surface area contributed by atoms with Crippen molar-refractivity contribution >= 4 is 33.2 Å². The number of benzene rings is 3. The number of hydrogen-bond acceptors (Lipinski definition) is 4. The van der Waals surface area contributed by atoms with Crippen LogP contribution in [-0.4, -0.2) is 27.5 Å². The molecule has 0 fully saturated rings. The number of ether oxygens (including phenoxy) is 1. The lowest BCUT2D eigenvalue weighted by atomic mass is 10.1. The van der Waals surface area contributed by atoms with Crippen LogP contribution in [0.3, 0.4) is 0 Å². The van der Waals surface area contributed by atoms with Crippen molar-refractivity contribution in [2.24, 2.45) is 0 Å². The fourth-order valence-electron chi connectivity index (χ4n) is 3.17. The molecule has 32 heavy (non-hydrogen) atoms. The third-order valence-corrected chi connectivity index (χ3v) is 6.74. The molecule has 0 aromatic heterocycles. The standard InChI is InChI=1S/C24H25ClN2O4S/c1-17(8-9-18-6-4-3-5-7-18)27-32(29,30)21-14-15-23(31-2)22(16-21)26-24(28)19-10-12-20(25)13-11-19/h3-7,10-17,27H,8-9H2,1-2H3,(H,26,28)/t17-/m1/s1. The Kier molecular flexibility index (Phi) is 7.90. The Bertz CT molecular complexity index is 1170. The summed E-state index contributed by atoms with van der Waals surface area (Å²) in [5, 5.41) is 3.22. The lowest BCUT2D eigenvalue weighted by Crippen LogP contribution is -2.33. The molecule has 168 valence electrons. The minimum absolute atomic E-state index is 0.0382. The van der Waals surface area contributed by atoms with E-state index in [1.165, 1.54) is 25.3 Å². The predicted octanol–water partition coefficient (Wildman–Crippen LogP) is 4.90. The van der Waals surface area contributed by atoms with Crippen LogP contribution in [0.4, 0.5) is 5.69 Å². The van der Waals surface area contributed by atoms with Gasteiger partial charge < -0.3 is 10.1 Å². The van der Waals surface area contributed by atoms with E-state index in [0.717, 1.165) is 12.0 Å². The van der Waals surface area contributed by atoms with Crippen molar-refractivity contribution < 1.29 is 17.9 Å². The van der Waals surface area contributed by atoms with E-state index in [2.05, 4.69) is 10.0 Å². The second kappa shape index (κ2) is 10.6. The average molecular weight is 473 g/mol. The SMILES string of the molecule is COc1ccc(S(=O)(=O)N[C@H](C)CCc2ccccc2)cc1NC(=O)c1ccc(Cl)cc1. The summed E-state index contributed by atoms with van der Waals surface area (Å²) < 4.78 is 33.8. The number of anilines is 1. The van der Waals surface area contributed by atoms with E-state index in [-0.39, 0.29) is 16.6 Å². The molecular weight excluding hydrogens is 448 g/mol. The van der Waals surface area contributed by atoms with Crippen LogP contribution in [0.25, 0.3) is 0 Å². The van der Waals surface area contributed by atoms with Crippen molar-refractivity contribution in [2.45, 2.75) is 30.7 Å². The van der Waals surface area contributed by atoms with Gasteiger partial charge in [0, 0.05) is 16.6 Å². The van der Waals surface area contributed by atoms with Crippen molar-refractivity contribution in [3.63, 3.8) is 0 Å². The second-order valence-corrected chi connectivity index (χ2v) is 9.52. The smallest absolute Gasteiger partial charge is 0.255 e. The Hall–Kier alpha value is -2.87. The molecule has 3 aromatic rings. The zero-order valence-corrected chi connectivity index (χ0v) is 19.4. The summed E-state index contributed by atoms with van der Waals surface area (Å²) in [6, 6.07) is 20.4. The highest BCUT2D eigenvalue weighted by Crippen LogP contribution is 2.28. The molecule has 1 amide bonds. The van der Waals surface area contributed by atoms with Crippen molar-refractivity contribution in [3.8, 4) is 5.75 Å². The van der Waals surface area contributed by atoms with Crippen LogP contribution in [0.5, 0.6) is 5.75 Å². The fraction of sp³-hybridized carbons (Fsp3) is 0.208. The van der Waals surface area contributed by atoms with Crippen molar-refractivity contribution in [1.29, 1.82) is 0 Å². The first-order chi connectivity index (χ1) is 15.3. The van der Waals surface area contributed by atoms with Gasteiger partial charge in [0.25, 0.3) is 5.91 Å². The lowest BCUT2D eigenvalue weighted by Gasteiger charge is -2.16. The largest absolute Gasteiger partial charge is 0.495 e.